The maximum Gasteiger partial charge on any atom is 0.416 e. The smallest absolute Gasteiger partial charge is 0.416 e. The molecule has 3 aromatic rings. The number of benzene rings is 3. The number of nitrogens with zero attached hydrogens (tertiary/aromatic N) is 1. The van der Waals surface area contributed by atoms with E-state index in [1.807, 2.05) is 32.0 Å². The molecule has 0 unspecified atom stereocenters. The molecule has 1 heterocycles. The Morgan fingerprint density at radius 3 is 2.29 bits per heavy atom. The van der Waals surface area contributed by atoms with Crippen LogP contribution in [0.3, 0.4) is 0 Å². The molecule has 0 fully saturated rings. The molecule has 4 rings (SSSR count). The number of carbonyl (C=O) groups excluding carboxylic acids is 1. The number of alkyl halides is 3. The molecule has 0 radical (unpaired) electrons. The molecule has 0 saturated carbocycles. The van der Waals surface area contributed by atoms with E-state index < -0.39 is 11.7 Å². The molecule has 31 heavy (non-hydrogen) atoms. The summed E-state index contributed by atoms with van der Waals surface area (Å²) >= 11 is 0. The van der Waals surface area contributed by atoms with Gasteiger partial charge in [-0.3, -0.25) is 9.79 Å². The van der Waals surface area contributed by atoms with Gasteiger partial charge in [0.25, 0.3) is 0 Å². The molecule has 6 heteroatoms. The van der Waals surface area contributed by atoms with Crippen LogP contribution in [0.1, 0.15) is 34.2 Å². The first-order valence-electron chi connectivity index (χ1n) is 9.84. The van der Waals surface area contributed by atoms with Crippen LogP contribution >= 0.6 is 0 Å². The predicted octanol–water partition coefficient (Wildman–Crippen LogP) is 6.75. The maximum absolute atomic E-state index is 13.0. The molecule has 0 spiro atoms. The molecular weight excluding hydrogens is 403 g/mol. The van der Waals surface area contributed by atoms with Gasteiger partial charge in [0.15, 0.2) is 0 Å². The second kappa shape index (κ2) is 8.02. The van der Waals surface area contributed by atoms with Gasteiger partial charge in [-0.15, -0.1) is 0 Å². The second-order valence-corrected chi connectivity index (χ2v) is 7.67. The molecule has 0 bridgehead atoms. The maximum atomic E-state index is 13.0. The van der Waals surface area contributed by atoms with E-state index in [0.717, 1.165) is 34.5 Å². The Hall–Kier alpha value is -3.41. The van der Waals surface area contributed by atoms with Crippen LogP contribution in [0.5, 0.6) is 11.5 Å². The lowest BCUT2D eigenvalue weighted by molar-refractivity contribution is -0.137. The Morgan fingerprint density at radius 2 is 1.55 bits per heavy atom. The third-order valence-electron chi connectivity index (χ3n) is 5.27. The number of aliphatic imine (C=N–C) groups is 1. The molecular formula is C25H20F3NO2. The fraction of sp³-hybridized carbons (Fsp3) is 0.200. The molecule has 0 aromatic heterocycles. The third kappa shape index (κ3) is 4.68. The van der Waals surface area contributed by atoms with Crippen LogP contribution in [0.2, 0.25) is 0 Å². The number of halogens is 3. The van der Waals surface area contributed by atoms with Crippen molar-refractivity contribution in [3.63, 3.8) is 0 Å². The van der Waals surface area contributed by atoms with E-state index in [-0.39, 0.29) is 18.0 Å². The first-order valence-corrected chi connectivity index (χ1v) is 9.84. The van der Waals surface area contributed by atoms with Crippen molar-refractivity contribution in [1.82, 2.24) is 0 Å². The van der Waals surface area contributed by atoms with E-state index in [1.54, 1.807) is 18.2 Å². The molecule has 0 atom stereocenters. The van der Waals surface area contributed by atoms with Crippen LogP contribution in [0.15, 0.2) is 65.7 Å². The number of hydrogen-bond acceptors (Lipinski definition) is 3. The second-order valence-electron chi connectivity index (χ2n) is 7.67. The van der Waals surface area contributed by atoms with E-state index in [9.17, 15) is 18.0 Å². The third-order valence-corrected chi connectivity index (χ3v) is 5.27. The number of Topliss-reactive ketones (excluding diaryl/α,β-unsaturated/α-hetero) is 1. The summed E-state index contributed by atoms with van der Waals surface area (Å²) in [5, 5.41) is 0. The predicted molar refractivity (Wildman–Crippen MR) is 113 cm³/mol. The molecule has 0 aliphatic carbocycles. The van der Waals surface area contributed by atoms with Crippen molar-refractivity contribution >= 4 is 17.2 Å². The molecule has 0 saturated heterocycles. The van der Waals surface area contributed by atoms with Gasteiger partial charge in [-0.25, -0.2) is 0 Å². The van der Waals surface area contributed by atoms with Crippen molar-refractivity contribution in [2.75, 3.05) is 0 Å². The average Bonchev–Trinajstić information content (AvgIpc) is 2.86. The molecule has 3 aromatic carbocycles. The van der Waals surface area contributed by atoms with Crippen LogP contribution in [0.25, 0.3) is 0 Å². The zero-order chi connectivity index (χ0) is 22.2. The van der Waals surface area contributed by atoms with Crippen LogP contribution < -0.4 is 4.74 Å². The summed E-state index contributed by atoms with van der Waals surface area (Å²) in [6.45, 7) is 4.01. The molecule has 3 nitrogen and oxygen atoms in total. The minimum atomic E-state index is -4.44. The van der Waals surface area contributed by atoms with Crippen molar-refractivity contribution in [2.24, 2.45) is 4.99 Å². The molecule has 158 valence electrons. The van der Waals surface area contributed by atoms with Gasteiger partial charge in [0.1, 0.15) is 17.3 Å². The normalized spacial score (nSPS) is 14.0. The van der Waals surface area contributed by atoms with Gasteiger partial charge < -0.3 is 4.74 Å². The van der Waals surface area contributed by atoms with Gasteiger partial charge in [-0.05, 0) is 66.9 Å². The Labute approximate surface area is 178 Å². The number of aryl methyl sites for hydroxylation is 2. The van der Waals surface area contributed by atoms with Crippen molar-refractivity contribution < 1.29 is 22.7 Å². The Morgan fingerprint density at radius 1 is 0.871 bits per heavy atom. The lowest BCUT2D eigenvalue weighted by atomic mass is 9.99. The van der Waals surface area contributed by atoms with Gasteiger partial charge >= 0.3 is 6.18 Å². The van der Waals surface area contributed by atoms with Crippen LogP contribution in [-0.4, -0.2) is 11.5 Å². The standard InChI is InChI=1S/C25H20F3NO2/c1-15-9-18-11-20(30)14-24(29-23(18)10-16(15)2)17-5-3-7-21(12-17)31-22-8-4-6-19(13-22)25(26,27)28/h3-10,12-13H,11,14H2,1-2H3. The van der Waals surface area contributed by atoms with E-state index in [4.69, 9.17) is 9.73 Å². The van der Waals surface area contributed by atoms with Crippen molar-refractivity contribution in [3.05, 3.63) is 88.5 Å². The minimum absolute atomic E-state index is 0.0601. The highest BCUT2D eigenvalue weighted by Gasteiger charge is 2.30. The fourth-order valence-electron chi connectivity index (χ4n) is 3.53. The molecule has 0 amide bonds. The van der Waals surface area contributed by atoms with Gasteiger partial charge in [0.2, 0.25) is 0 Å². The number of hydrogen-bond donors (Lipinski definition) is 0. The topological polar surface area (TPSA) is 38.7 Å². The number of rotatable bonds is 3. The largest absolute Gasteiger partial charge is 0.457 e. The van der Waals surface area contributed by atoms with Crippen LogP contribution in [0, 0.1) is 13.8 Å². The quantitative estimate of drug-likeness (QED) is 0.467. The van der Waals surface area contributed by atoms with Gasteiger partial charge in [-0.1, -0.05) is 24.3 Å². The monoisotopic (exact) mass is 423 g/mol. The summed E-state index contributed by atoms with van der Waals surface area (Å²) in [6.07, 6.45) is -3.94. The number of ketones is 1. The van der Waals surface area contributed by atoms with Gasteiger partial charge in [0.05, 0.1) is 17.0 Å². The van der Waals surface area contributed by atoms with E-state index in [0.29, 0.717) is 23.4 Å². The average molecular weight is 423 g/mol. The van der Waals surface area contributed by atoms with Crippen molar-refractivity contribution in [3.8, 4) is 11.5 Å². The Kier molecular flexibility index (Phi) is 5.39. The summed E-state index contributed by atoms with van der Waals surface area (Å²) < 4.78 is 44.5. The van der Waals surface area contributed by atoms with Crippen molar-refractivity contribution in [1.29, 1.82) is 0 Å². The van der Waals surface area contributed by atoms with E-state index in [1.165, 1.54) is 12.1 Å². The number of carbonyl (C=O) groups is 1. The van der Waals surface area contributed by atoms with E-state index >= 15 is 0 Å². The zero-order valence-electron chi connectivity index (χ0n) is 17.1. The van der Waals surface area contributed by atoms with Gasteiger partial charge in [0, 0.05) is 18.4 Å². The first-order chi connectivity index (χ1) is 14.7. The van der Waals surface area contributed by atoms with Gasteiger partial charge in [-0.2, -0.15) is 13.2 Å². The Bertz CT molecular complexity index is 1200. The summed E-state index contributed by atoms with van der Waals surface area (Å²) in [6, 6.07) is 15.6. The SMILES string of the molecule is Cc1cc2c(cc1C)N=C(c1cccc(Oc3cccc(C(F)(F)F)c3)c1)CC(=O)C2. The summed E-state index contributed by atoms with van der Waals surface area (Å²) in [7, 11) is 0. The highest BCUT2D eigenvalue weighted by molar-refractivity contribution is 6.13. The highest BCUT2D eigenvalue weighted by Crippen LogP contribution is 2.33. The summed E-state index contributed by atoms with van der Waals surface area (Å²) in [4.78, 5) is 17.3. The Balaban J connectivity index is 1.67. The first kappa shape index (κ1) is 20.8. The lowest BCUT2D eigenvalue weighted by Gasteiger charge is -2.11. The fourth-order valence-corrected chi connectivity index (χ4v) is 3.53. The van der Waals surface area contributed by atoms with Crippen LogP contribution in [-0.2, 0) is 17.4 Å². The van der Waals surface area contributed by atoms with Crippen molar-refractivity contribution in [2.45, 2.75) is 32.9 Å². The highest BCUT2D eigenvalue weighted by atomic mass is 19.4. The van der Waals surface area contributed by atoms with E-state index in [2.05, 4.69) is 0 Å². The number of ether oxygens (including phenoxy) is 1. The molecule has 0 N–H and O–H groups in total. The summed E-state index contributed by atoms with van der Waals surface area (Å²) in [5.41, 5.74) is 4.42. The minimum Gasteiger partial charge on any atom is -0.457 e. The molecule has 1 aliphatic heterocycles. The lowest BCUT2D eigenvalue weighted by Crippen LogP contribution is -2.09. The zero-order valence-corrected chi connectivity index (χ0v) is 17.1. The number of fused-ring (bicyclic) bond motifs is 1. The summed E-state index contributed by atoms with van der Waals surface area (Å²) in [5.74, 6) is 0.517. The molecule has 1 aliphatic rings. The van der Waals surface area contributed by atoms with Crippen LogP contribution in [0.4, 0.5) is 18.9 Å².